The van der Waals surface area contributed by atoms with E-state index in [9.17, 15) is 13.2 Å². The number of benzene rings is 1. The fourth-order valence-electron chi connectivity index (χ4n) is 2.55. The van der Waals surface area contributed by atoms with Crippen LogP contribution in [0, 0.1) is 0 Å². The largest absolute Gasteiger partial charge is 0.418 e. The minimum absolute atomic E-state index is 0.0131. The highest BCUT2D eigenvalue weighted by Gasteiger charge is 2.36. The average Bonchev–Trinajstić information content (AvgIpc) is 2.27. The Morgan fingerprint density at radius 2 is 2.05 bits per heavy atom. The van der Waals surface area contributed by atoms with Gasteiger partial charge in [-0.2, -0.15) is 13.2 Å². The minimum atomic E-state index is -4.34. The van der Waals surface area contributed by atoms with Gasteiger partial charge in [-0.25, -0.2) is 0 Å². The summed E-state index contributed by atoms with van der Waals surface area (Å²) in [6.45, 7) is 2.47. The lowest BCUT2D eigenvalue weighted by molar-refractivity contribution is -0.137. The Morgan fingerprint density at radius 3 is 2.63 bits per heavy atom. The number of hydrogen-bond acceptors (Lipinski definition) is 2. The molecule has 0 radical (unpaired) electrons. The highest BCUT2D eigenvalue weighted by molar-refractivity contribution is 9.10. The molecule has 1 fully saturated rings. The molecule has 0 spiro atoms. The van der Waals surface area contributed by atoms with E-state index in [-0.39, 0.29) is 17.8 Å². The summed E-state index contributed by atoms with van der Waals surface area (Å²) in [6.07, 6.45) is -2.91. The van der Waals surface area contributed by atoms with Crippen LogP contribution in [0.4, 0.5) is 18.9 Å². The van der Waals surface area contributed by atoms with E-state index in [2.05, 4.69) is 15.9 Å². The van der Waals surface area contributed by atoms with Crippen molar-refractivity contribution in [2.24, 2.45) is 5.73 Å². The third-order valence-corrected chi connectivity index (χ3v) is 3.98. The summed E-state index contributed by atoms with van der Waals surface area (Å²) in [5, 5.41) is 0. The molecule has 2 N–H and O–H groups in total. The van der Waals surface area contributed by atoms with Crippen LogP contribution in [0.2, 0.25) is 0 Å². The quantitative estimate of drug-likeness (QED) is 0.845. The van der Waals surface area contributed by atoms with Crippen LogP contribution < -0.4 is 10.6 Å². The first kappa shape index (κ1) is 14.7. The van der Waals surface area contributed by atoms with Gasteiger partial charge in [-0.05, 0) is 38.0 Å². The van der Waals surface area contributed by atoms with Crippen LogP contribution in [0.3, 0.4) is 0 Å². The SMILES string of the molecule is CC1CC(N)CCN1c1cc(Br)ccc1C(F)(F)F. The van der Waals surface area contributed by atoms with Gasteiger partial charge in [-0.1, -0.05) is 15.9 Å². The summed E-state index contributed by atoms with van der Waals surface area (Å²) in [7, 11) is 0. The van der Waals surface area contributed by atoms with Gasteiger partial charge in [0, 0.05) is 23.1 Å². The van der Waals surface area contributed by atoms with Gasteiger partial charge >= 0.3 is 6.18 Å². The average molecular weight is 337 g/mol. The maximum atomic E-state index is 13.1. The molecule has 2 atom stereocenters. The van der Waals surface area contributed by atoms with E-state index in [1.807, 2.05) is 6.92 Å². The molecular formula is C13H16BrF3N2. The van der Waals surface area contributed by atoms with Crippen molar-refractivity contribution in [1.29, 1.82) is 0 Å². The van der Waals surface area contributed by atoms with E-state index in [0.717, 1.165) is 6.07 Å². The molecule has 2 rings (SSSR count). The molecule has 1 aromatic rings. The zero-order chi connectivity index (χ0) is 14.2. The molecule has 0 saturated carbocycles. The fraction of sp³-hybridized carbons (Fsp3) is 0.538. The van der Waals surface area contributed by atoms with E-state index in [1.54, 1.807) is 4.90 Å². The van der Waals surface area contributed by atoms with Crippen molar-refractivity contribution < 1.29 is 13.2 Å². The van der Waals surface area contributed by atoms with Crippen molar-refractivity contribution in [3.05, 3.63) is 28.2 Å². The summed E-state index contributed by atoms with van der Waals surface area (Å²) in [5.41, 5.74) is 5.51. The Balaban J connectivity index is 2.40. The second-order valence-electron chi connectivity index (χ2n) is 4.99. The van der Waals surface area contributed by atoms with E-state index in [4.69, 9.17) is 5.73 Å². The first-order chi connectivity index (χ1) is 8.79. The monoisotopic (exact) mass is 336 g/mol. The van der Waals surface area contributed by atoms with Crippen LogP contribution in [0.1, 0.15) is 25.3 Å². The number of hydrogen-bond donors (Lipinski definition) is 1. The summed E-state index contributed by atoms with van der Waals surface area (Å²) < 4.78 is 39.9. The summed E-state index contributed by atoms with van der Waals surface area (Å²) in [4.78, 5) is 1.80. The van der Waals surface area contributed by atoms with Gasteiger partial charge in [-0.3, -0.25) is 0 Å². The summed E-state index contributed by atoms with van der Waals surface area (Å²) in [6, 6.07) is 4.18. The normalized spacial score (nSPS) is 24.6. The maximum Gasteiger partial charge on any atom is 0.418 e. The van der Waals surface area contributed by atoms with Crippen molar-refractivity contribution in [1.82, 2.24) is 0 Å². The van der Waals surface area contributed by atoms with Gasteiger partial charge in [0.25, 0.3) is 0 Å². The number of piperidine rings is 1. The van der Waals surface area contributed by atoms with Crippen molar-refractivity contribution in [3.8, 4) is 0 Å². The third kappa shape index (κ3) is 3.23. The molecule has 1 heterocycles. The molecule has 1 aliphatic heterocycles. The molecule has 2 unspecified atom stereocenters. The highest BCUT2D eigenvalue weighted by Crippen LogP contribution is 2.39. The molecule has 0 aliphatic carbocycles. The Labute approximate surface area is 118 Å². The van der Waals surface area contributed by atoms with Crippen LogP contribution >= 0.6 is 15.9 Å². The topological polar surface area (TPSA) is 29.3 Å². The van der Waals surface area contributed by atoms with Crippen LogP contribution in [0.25, 0.3) is 0 Å². The Hall–Kier alpha value is -0.750. The predicted molar refractivity (Wildman–Crippen MR) is 73.2 cm³/mol. The smallest absolute Gasteiger partial charge is 0.368 e. The molecular weight excluding hydrogens is 321 g/mol. The Morgan fingerprint density at radius 1 is 1.37 bits per heavy atom. The van der Waals surface area contributed by atoms with E-state index in [0.29, 0.717) is 23.9 Å². The second kappa shape index (κ2) is 5.32. The van der Waals surface area contributed by atoms with Crippen LogP contribution in [0.5, 0.6) is 0 Å². The Kier molecular flexibility index (Phi) is 4.11. The van der Waals surface area contributed by atoms with Gasteiger partial charge in [0.05, 0.1) is 11.3 Å². The lowest BCUT2D eigenvalue weighted by Crippen LogP contribution is -2.46. The molecule has 1 aliphatic rings. The van der Waals surface area contributed by atoms with Crippen LogP contribution in [-0.2, 0) is 6.18 Å². The number of alkyl halides is 3. The summed E-state index contributed by atoms with van der Waals surface area (Å²) >= 11 is 3.24. The highest BCUT2D eigenvalue weighted by atomic mass is 79.9. The van der Waals surface area contributed by atoms with E-state index in [1.165, 1.54) is 12.1 Å². The number of halogens is 4. The van der Waals surface area contributed by atoms with Crippen molar-refractivity contribution in [2.45, 2.75) is 38.0 Å². The zero-order valence-electron chi connectivity index (χ0n) is 10.5. The molecule has 0 aromatic heterocycles. The molecule has 106 valence electrons. The maximum absolute atomic E-state index is 13.1. The van der Waals surface area contributed by atoms with Crippen LogP contribution in [-0.4, -0.2) is 18.6 Å². The number of rotatable bonds is 1. The second-order valence-corrected chi connectivity index (χ2v) is 5.90. The lowest BCUT2D eigenvalue weighted by atomic mass is 9.97. The molecule has 1 aromatic carbocycles. The number of anilines is 1. The minimum Gasteiger partial charge on any atom is -0.368 e. The van der Waals surface area contributed by atoms with E-state index < -0.39 is 11.7 Å². The van der Waals surface area contributed by atoms with Gasteiger partial charge in [-0.15, -0.1) is 0 Å². The summed E-state index contributed by atoms with van der Waals surface area (Å²) in [5.74, 6) is 0. The van der Waals surface area contributed by atoms with Crippen molar-refractivity contribution in [2.75, 3.05) is 11.4 Å². The van der Waals surface area contributed by atoms with Gasteiger partial charge in [0.15, 0.2) is 0 Å². The molecule has 0 bridgehead atoms. The zero-order valence-corrected chi connectivity index (χ0v) is 12.1. The third-order valence-electron chi connectivity index (χ3n) is 3.49. The Bertz CT molecular complexity index is 462. The van der Waals surface area contributed by atoms with Gasteiger partial charge < -0.3 is 10.6 Å². The lowest BCUT2D eigenvalue weighted by Gasteiger charge is -2.39. The molecule has 19 heavy (non-hydrogen) atoms. The number of nitrogens with zero attached hydrogens (tertiary/aromatic N) is 1. The van der Waals surface area contributed by atoms with Crippen molar-refractivity contribution in [3.63, 3.8) is 0 Å². The van der Waals surface area contributed by atoms with Crippen LogP contribution in [0.15, 0.2) is 22.7 Å². The standard InChI is InChI=1S/C13H16BrF3N2/c1-8-6-10(18)4-5-19(8)12-7-9(14)2-3-11(12)13(15,16)17/h2-3,7-8,10H,4-6,18H2,1H3. The molecule has 1 saturated heterocycles. The first-order valence-electron chi connectivity index (χ1n) is 6.18. The molecule has 0 amide bonds. The molecule has 6 heteroatoms. The molecule has 2 nitrogen and oxygen atoms in total. The predicted octanol–water partition coefficient (Wildman–Crippen LogP) is 3.78. The van der Waals surface area contributed by atoms with Gasteiger partial charge in [0.2, 0.25) is 0 Å². The van der Waals surface area contributed by atoms with Gasteiger partial charge in [0.1, 0.15) is 0 Å². The van der Waals surface area contributed by atoms with E-state index >= 15 is 0 Å². The fourth-order valence-corrected chi connectivity index (χ4v) is 2.90. The first-order valence-corrected chi connectivity index (χ1v) is 6.97. The van der Waals surface area contributed by atoms with Crippen molar-refractivity contribution >= 4 is 21.6 Å². The number of nitrogens with two attached hydrogens (primary N) is 1.